The Morgan fingerprint density at radius 3 is 2.45 bits per heavy atom. The van der Waals surface area contributed by atoms with E-state index in [1.165, 1.54) is 44.3 Å². The Morgan fingerprint density at radius 1 is 1.15 bits per heavy atom. The molecular formula is C17H28N2O. The van der Waals surface area contributed by atoms with E-state index in [1.807, 2.05) is 0 Å². The number of rotatable bonds is 7. The standard InChI is InChI=1S/C17H28N2O/c1-2-3-13-20-16-9-7-15(8-10-16)17(14-18)19-11-5-4-6-12-19/h7-10,17H,2-6,11-14,18H2,1H3. The molecule has 0 saturated carbocycles. The van der Waals surface area contributed by atoms with Gasteiger partial charge in [-0.25, -0.2) is 0 Å². The molecule has 0 amide bonds. The Morgan fingerprint density at radius 2 is 1.85 bits per heavy atom. The topological polar surface area (TPSA) is 38.5 Å². The Labute approximate surface area is 123 Å². The lowest BCUT2D eigenvalue weighted by Crippen LogP contribution is -2.37. The average Bonchev–Trinajstić information content (AvgIpc) is 2.51. The first kappa shape index (κ1) is 15.3. The molecular weight excluding hydrogens is 248 g/mol. The highest BCUT2D eigenvalue weighted by Crippen LogP contribution is 2.25. The van der Waals surface area contributed by atoms with Gasteiger partial charge < -0.3 is 10.5 Å². The lowest BCUT2D eigenvalue weighted by atomic mass is 10.0. The molecule has 1 saturated heterocycles. The van der Waals surface area contributed by atoms with Gasteiger partial charge in [0.2, 0.25) is 0 Å². The molecule has 0 radical (unpaired) electrons. The number of ether oxygens (including phenoxy) is 1. The normalized spacial score (nSPS) is 17.9. The predicted octanol–water partition coefficient (Wildman–Crippen LogP) is 3.35. The molecule has 0 bridgehead atoms. The van der Waals surface area contributed by atoms with Crippen LogP contribution in [-0.4, -0.2) is 31.1 Å². The van der Waals surface area contributed by atoms with E-state index in [1.54, 1.807) is 0 Å². The van der Waals surface area contributed by atoms with Gasteiger partial charge in [-0.2, -0.15) is 0 Å². The van der Waals surface area contributed by atoms with Crippen LogP contribution in [0.5, 0.6) is 5.75 Å². The van der Waals surface area contributed by atoms with Gasteiger partial charge in [0.15, 0.2) is 0 Å². The zero-order chi connectivity index (χ0) is 14.2. The van der Waals surface area contributed by atoms with E-state index in [2.05, 4.69) is 36.1 Å². The molecule has 20 heavy (non-hydrogen) atoms. The summed E-state index contributed by atoms with van der Waals surface area (Å²) in [5.41, 5.74) is 7.32. The zero-order valence-electron chi connectivity index (χ0n) is 12.7. The van der Waals surface area contributed by atoms with Crippen molar-refractivity contribution in [1.29, 1.82) is 0 Å². The van der Waals surface area contributed by atoms with Gasteiger partial charge in [0.25, 0.3) is 0 Å². The van der Waals surface area contributed by atoms with E-state index < -0.39 is 0 Å². The third kappa shape index (κ3) is 4.22. The van der Waals surface area contributed by atoms with Crippen molar-refractivity contribution in [3.05, 3.63) is 29.8 Å². The summed E-state index contributed by atoms with van der Waals surface area (Å²) < 4.78 is 5.72. The van der Waals surface area contributed by atoms with Crippen molar-refractivity contribution < 1.29 is 4.74 Å². The maximum atomic E-state index is 6.00. The van der Waals surface area contributed by atoms with Crippen molar-refractivity contribution in [1.82, 2.24) is 4.90 Å². The third-order valence-electron chi connectivity index (χ3n) is 4.09. The van der Waals surface area contributed by atoms with E-state index in [9.17, 15) is 0 Å². The second-order valence-electron chi connectivity index (χ2n) is 5.62. The van der Waals surface area contributed by atoms with Crippen LogP contribution in [-0.2, 0) is 0 Å². The van der Waals surface area contributed by atoms with Crippen molar-refractivity contribution in [2.45, 2.75) is 45.1 Å². The van der Waals surface area contributed by atoms with Crippen molar-refractivity contribution in [2.75, 3.05) is 26.2 Å². The van der Waals surface area contributed by atoms with E-state index in [4.69, 9.17) is 10.5 Å². The molecule has 1 unspecified atom stereocenters. The number of likely N-dealkylation sites (tertiary alicyclic amines) is 1. The van der Waals surface area contributed by atoms with Crippen LogP contribution in [0.25, 0.3) is 0 Å². The number of nitrogens with two attached hydrogens (primary N) is 1. The molecule has 0 aliphatic carbocycles. The fourth-order valence-electron chi connectivity index (χ4n) is 2.85. The first-order valence-corrected chi connectivity index (χ1v) is 8.02. The van der Waals surface area contributed by atoms with Gasteiger partial charge in [0.05, 0.1) is 6.61 Å². The van der Waals surface area contributed by atoms with Crippen molar-refractivity contribution in [3.8, 4) is 5.75 Å². The zero-order valence-corrected chi connectivity index (χ0v) is 12.7. The van der Waals surface area contributed by atoms with Crippen molar-refractivity contribution >= 4 is 0 Å². The molecule has 1 heterocycles. The summed E-state index contributed by atoms with van der Waals surface area (Å²) in [5.74, 6) is 0.969. The third-order valence-corrected chi connectivity index (χ3v) is 4.09. The second kappa shape index (κ2) is 8.28. The molecule has 1 aromatic rings. The molecule has 3 heteroatoms. The van der Waals surface area contributed by atoms with Crippen LogP contribution in [0, 0.1) is 0 Å². The number of nitrogens with zero attached hydrogens (tertiary/aromatic N) is 1. The number of hydrogen-bond donors (Lipinski definition) is 1. The van der Waals surface area contributed by atoms with Crippen molar-refractivity contribution in [2.24, 2.45) is 5.73 Å². The number of benzene rings is 1. The van der Waals surface area contributed by atoms with E-state index >= 15 is 0 Å². The summed E-state index contributed by atoms with van der Waals surface area (Å²) in [5, 5.41) is 0. The smallest absolute Gasteiger partial charge is 0.119 e. The van der Waals surface area contributed by atoms with Crippen LogP contribution in [0.3, 0.4) is 0 Å². The van der Waals surface area contributed by atoms with Crippen LogP contribution in [0.1, 0.15) is 50.6 Å². The monoisotopic (exact) mass is 276 g/mol. The maximum Gasteiger partial charge on any atom is 0.119 e. The van der Waals surface area contributed by atoms with E-state index in [0.29, 0.717) is 12.6 Å². The van der Waals surface area contributed by atoms with Crippen molar-refractivity contribution in [3.63, 3.8) is 0 Å². The fourth-order valence-corrected chi connectivity index (χ4v) is 2.85. The Balaban J connectivity index is 1.95. The molecule has 2 N–H and O–H groups in total. The summed E-state index contributed by atoms with van der Waals surface area (Å²) in [4.78, 5) is 2.52. The molecule has 2 rings (SSSR count). The van der Waals surface area contributed by atoms with Gasteiger partial charge >= 0.3 is 0 Å². The molecule has 1 aliphatic rings. The minimum atomic E-state index is 0.361. The second-order valence-corrected chi connectivity index (χ2v) is 5.62. The summed E-state index contributed by atoms with van der Waals surface area (Å²) in [7, 11) is 0. The average molecular weight is 276 g/mol. The SMILES string of the molecule is CCCCOc1ccc(C(CN)N2CCCCC2)cc1. The largest absolute Gasteiger partial charge is 0.494 e. The summed E-state index contributed by atoms with van der Waals surface area (Å²) in [6.45, 7) is 6.03. The number of piperidine rings is 1. The van der Waals surface area contributed by atoms with Gasteiger partial charge in [-0.3, -0.25) is 4.90 Å². The lowest BCUT2D eigenvalue weighted by Gasteiger charge is -2.34. The molecule has 1 aliphatic heterocycles. The van der Waals surface area contributed by atoms with Crippen LogP contribution < -0.4 is 10.5 Å². The lowest BCUT2D eigenvalue weighted by molar-refractivity contribution is 0.167. The molecule has 0 aromatic heterocycles. The van der Waals surface area contributed by atoms with E-state index in [0.717, 1.165) is 18.8 Å². The van der Waals surface area contributed by atoms with Gasteiger partial charge in [0.1, 0.15) is 5.75 Å². The molecule has 0 spiro atoms. The Kier molecular flexibility index (Phi) is 6.34. The van der Waals surface area contributed by atoms with Crippen LogP contribution in [0.15, 0.2) is 24.3 Å². The quantitative estimate of drug-likeness (QED) is 0.776. The Bertz CT molecular complexity index is 371. The molecule has 112 valence electrons. The molecule has 3 nitrogen and oxygen atoms in total. The minimum Gasteiger partial charge on any atom is -0.494 e. The van der Waals surface area contributed by atoms with Gasteiger partial charge in [-0.1, -0.05) is 31.9 Å². The summed E-state index contributed by atoms with van der Waals surface area (Å²) >= 11 is 0. The van der Waals surface area contributed by atoms with Crippen LogP contribution in [0.4, 0.5) is 0 Å². The summed E-state index contributed by atoms with van der Waals surface area (Å²) in [6, 6.07) is 8.87. The highest BCUT2D eigenvalue weighted by Gasteiger charge is 2.20. The van der Waals surface area contributed by atoms with Gasteiger partial charge in [-0.15, -0.1) is 0 Å². The maximum absolute atomic E-state index is 6.00. The summed E-state index contributed by atoms with van der Waals surface area (Å²) in [6.07, 6.45) is 6.24. The van der Waals surface area contributed by atoms with Crippen LogP contribution in [0.2, 0.25) is 0 Å². The van der Waals surface area contributed by atoms with Gasteiger partial charge in [0, 0.05) is 12.6 Å². The van der Waals surface area contributed by atoms with E-state index in [-0.39, 0.29) is 0 Å². The highest BCUT2D eigenvalue weighted by molar-refractivity contribution is 5.29. The Hall–Kier alpha value is -1.06. The van der Waals surface area contributed by atoms with Gasteiger partial charge in [-0.05, 0) is 50.0 Å². The molecule has 1 fully saturated rings. The number of unbranched alkanes of at least 4 members (excludes halogenated alkanes) is 1. The number of hydrogen-bond acceptors (Lipinski definition) is 3. The molecule has 1 aromatic carbocycles. The minimum absolute atomic E-state index is 0.361. The first-order valence-electron chi connectivity index (χ1n) is 8.02. The van der Waals surface area contributed by atoms with Crippen LogP contribution >= 0.6 is 0 Å². The predicted molar refractivity (Wildman–Crippen MR) is 84.1 cm³/mol. The highest BCUT2D eigenvalue weighted by atomic mass is 16.5. The molecule has 1 atom stereocenters. The fraction of sp³-hybridized carbons (Fsp3) is 0.647. The first-order chi connectivity index (χ1) is 9.85.